The number of ether oxygens (including phenoxy) is 3. The van der Waals surface area contributed by atoms with E-state index in [9.17, 15) is 0 Å². The lowest BCUT2D eigenvalue weighted by Crippen LogP contribution is -2.36. The van der Waals surface area contributed by atoms with Gasteiger partial charge in [-0.1, -0.05) is 54.1 Å². The fourth-order valence-corrected chi connectivity index (χ4v) is 4.52. The third-order valence-corrected chi connectivity index (χ3v) is 6.50. The number of hydrogen-bond donors (Lipinski definition) is 1. The minimum absolute atomic E-state index is 0.344. The van der Waals surface area contributed by atoms with E-state index in [-0.39, 0.29) is 0 Å². The lowest BCUT2D eigenvalue weighted by molar-refractivity contribution is 0.122. The number of aromatic amines is 1. The fourth-order valence-electron chi connectivity index (χ4n) is 4.25. The van der Waals surface area contributed by atoms with Crippen molar-refractivity contribution in [1.29, 1.82) is 0 Å². The number of rotatable bonds is 7. The van der Waals surface area contributed by atoms with Gasteiger partial charge in [0.05, 0.1) is 29.4 Å². The average molecular weight is 513 g/mol. The maximum Gasteiger partial charge on any atom is 0.301 e. The van der Waals surface area contributed by atoms with Crippen molar-refractivity contribution in [2.45, 2.75) is 6.61 Å². The number of pyridine rings is 1. The topological polar surface area (TPSA) is 72.5 Å². The summed E-state index contributed by atoms with van der Waals surface area (Å²) in [5.41, 5.74) is 5.13. The van der Waals surface area contributed by atoms with Gasteiger partial charge in [0, 0.05) is 24.3 Å². The number of benzene rings is 3. The Morgan fingerprint density at radius 1 is 0.865 bits per heavy atom. The van der Waals surface area contributed by atoms with Crippen molar-refractivity contribution in [2.75, 3.05) is 31.2 Å². The molecule has 0 unspecified atom stereocenters. The maximum absolute atomic E-state index is 6.60. The van der Waals surface area contributed by atoms with Gasteiger partial charge >= 0.3 is 6.01 Å². The summed E-state index contributed by atoms with van der Waals surface area (Å²) in [6, 6.07) is 27.9. The molecule has 3 heterocycles. The van der Waals surface area contributed by atoms with Crippen LogP contribution in [0.15, 0.2) is 84.9 Å². The molecule has 1 aliphatic heterocycles. The highest BCUT2D eigenvalue weighted by atomic mass is 35.5. The first-order valence-corrected chi connectivity index (χ1v) is 12.5. The Balaban J connectivity index is 1.15. The first kappa shape index (κ1) is 23.3. The number of H-pyrrole nitrogens is 1. The minimum Gasteiger partial charge on any atom is -0.489 e. The molecular formula is C29H25ClN4O3. The number of anilines is 1. The number of morpholine rings is 1. The van der Waals surface area contributed by atoms with E-state index < -0.39 is 0 Å². The van der Waals surface area contributed by atoms with Crippen LogP contribution >= 0.6 is 11.6 Å². The summed E-state index contributed by atoms with van der Waals surface area (Å²) in [5, 5.41) is 0.543. The van der Waals surface area contributed by atoms with E-state index in [1.54, 1.807) is 0 Å². The molecule has 0 amide bonds. The predicted molar refractivity (Wildman–Crippen MR) is 145 cm³/mol. The standard InChI is InChI=1S/C29H25ClN4O3/c30-25-18-26-28(32-27(25)21-6-8-22(9-7-21)34-14-16-35-17-15-34)33-29(31-26)37-24-12-10-23(11-13-24)36-19-20-4-2-1-3-5-20/h1-13,18H,14-17,19H2,(H,31,32,33). The Labute approximate surface area is 219 Å². The van der Waals surface area contributed by atoms with Crippen LogP contribution in [-0.2, 0) is 11.3 Å². The van der Waals surface area contributed by atoms with E-state index >= 15 is 0 Å². The first-order chi connectivity index (χ1) is 18.2. The van der Waals surface area contributed by atoms with E-state index in [1.807, 2.05) is 72.8 Å². The quantitative estimate of drug-likeness (QED) is 0.269. The summed E-state index contributed by atoms with van der Waals surface area (Å²) in [6.45, 7) is 3.80. The smallest absolute Gasteiger partial charge is 0.301 e. The zero-order valence-corrected chi connectivity index (χ0v) is 20.8. The van der Waals surface area contributed by atoms with Crippen LogP contribution in [0, 0.1) is 0 Å². The molecule has 0 spiro atoms. The van der Waals surface area contributed by atoms with Crippen molar-refractivity contribution >= 4 is 28.5 Å². The fraction of sp³-hybridized carbons (Fsp3) is 0.172. The number of nitrogens with zero attached hydrogens (tertiary/aromatic N) is 3. The summed E-state index contributed by atoms with van der Waals surface area (Å²) in [7, 11) is 0. The Morgan fingerprint density at radius 3 is 2.35 bits per heavy atom. The summed E-state index contributed by atoms with van der Waals surface area (Å²) >= 11 is 6.60. The second-order valence-electron chi connectivity index (χ2n) is 8.73. The zero-order valence-electron chi connectivity index (χ0n) is 20.1. The van der Waals surface area contributed by atoms with E-state index in [4.69, 9.17) is 30.8 Å². The van der Waals surface area contributed by atoms with Gasteiger partial charge in [0.2, 0.25) is 0 Å². The van der Waals surface area contributed by atoms with Gasteiger partial charge in [-0.25, -0.2) is 4.98 Å². The highest BCUT2D eigenvalue weighted by Crippen LogP contribution is 2.32. The van der Waals surface area contributed by atoms with Gasteiger partial charge in [0.15, 0.2) is 5.65 Å². The molecule has 37 heavy (non-hydrogen) atoms. The van der Waals surface area contributed by atoms with Gasteiger partial charge in [-0.2, -0.15) is 4.98 Å². The SMILES string of the molecule is Clc1cc2[nH]c(Oc3ccc(OCc4ccccc4)cc3)nc2nc1-c1ccc(N2CCOCC2)cc1. The molecule has 0 aliphatic carbocycles. The number of fused-ring (bicyclic) bond motifs is 1. The Kier molecular flexibility index (Phi) is 6.62. The van der Waals surface area contributed by atoms with Crippen molar-refractivity contribution in [1.82, 2.24) is 15.0 Å². The molecule has 0 radical (unpaired) electrons. The van der Waals surface area contributed by atoms with Gasteiger partial charge in [0.25, 0.3) is 0 Å². The van der Waals surface area contributed by atoms with Gasteiger partial charge in [-0.3, -0.25) is 0 Å². The molecule has 3 aromatic carbocycles. The van der Waals surface area contributed by atoms with Crippen LogP contribution in [0.5, 0.6) is 17.5 Å². The Hall–Kier alpha value is -4.07. The molecule has 186 valence electrons. The first-order valence-electron chi connectivity index (χ1n) is 12.2. The Bertz CT molecular complexity index is 1480. The highest BCUT2D eigenvalue weighted by Gasteiger charge is 2.15. The number of imidazole rings is 1. The molecule has 0 atom stereocenters. The van der Waals surface area contributed by atoms with Crippen LogP contribution < -0.4 is 14.4 Å². The van der Waals surface area contributed by atoms with Gasteiger partial charge < -0.3 is 24.1 Å². The summed E-state index contributed by atoms with van der Waals surface area (Å²) < 4.78 is 17.2. The molecule has 1 aliphatic rings. The summed E-state index contributed by atoms with van der Waals surface area (Å²) in [6.07, 6.45) is 0. The van der Waals surface area contributed by atoms with Gasteiger partial charge in [-0.05, 0) is 48.0 Å². The lowest BCUT2D eigenvalue weighted by atomic mass is 10.1. The molecule has 1 fully saturated rings. The molecule has 8 heteroatoms. The van der Waals surface area contributed by atoms with Crippen LogP contribution in [0.2, 0.25) is 5.02 Å². The van der Waals surface area contributed by atoms with Crippen LogP contribution in [0.1, 0.15) is 5.56 Å². The third-order valence-electron chi connectivity index (χ3n) is 6.21. The highest BCUT2D eigenvalue weighted by molar-refractivity contribution is 6.33. The van der Waals surface area contributed by atoms with Crippen molar-refractivity contribution in [2.24, 2.45) is 0 Å². The lowest BCUT2D eigenvalue weighted by Gasteiger charge is -2.28. The van der Waals surface area contributed by atoms with E-state index in [2.05, 4.69) is 27.0 Å². The van der Waals surface area contributed by atoms with Crippen LogP contribution in [0.4, 0.5) is 5.69 Å². The normalized spacial score (nSPS) is 13.6. The van der Waals surface area contributed by atoms with E-state index in [0.29, 0.717) is 40.2 Å². The number of halogens is 1. The van der Waals surface area contributed by atoms with Gasteiger partial charge in [-0.15, -0.1) is 0 Å². The molecule has 0 bridgehead atoms. The molecular weight excluding hydrogens is 488 g/mol. The van der Waals surface area contributed by atoms with Crippen molar-refractivity contribution < 1.29 is 14.2 Å². The largest absolute Gasteiger partial charge is 0.489 e. The van der Waals surface area contributed by atoms with Crippen molar-refractivity contribution in [3.8, 4) is 28.8 Å². The number of hydrogen-bond acceptors (Lipinski definition) is 6. The predicted octanol–water partition coefficient (Wildman–Crippen LogP) is 6.49. The van der Waals surface area contributed by atoms with E-state index in [0.717, 1.165) is 48.9 Å². The summed E-state index contributed by atoms with van der Waals surface area (Å²) in [4.78, 5) is 14.7. The molecule has 7 nitrogen and oxygen atoms in total. The minimum atomic E-state index is 0.344. The molecule has 1 saturated heterocycles. The van der Waals surface area contributed by atoms with Crippen LogP contribution in [0.25, 0.3) is 22.4 Å². The summed E-state index contributed by atoms with van der Waals surface area (Å²) in [5.74, 6) is 1.40. The third kappa shape index (κ3) is 5.38. The van der Waals surface area contributed by atoms with Crippen molar-refractivity contribution in [3.05, 3.63) is 95.5 Å². The molecule has 0 saturated carbocycles. The maximum atomic E-state index is 6.60. The second-order valence-corrected chi connectivity index (χ2v) is 9.13. The molecule has 6 rings (SSSR count). The van der Waals surface area contributed by atoms with Gasteiger partial charge in [0.1, 0.15) is 18.1 Å². The van der Waals surface area contributed by atoms with Crippen LogP contribution in [0.3, 0.4) is 0 Å². The number of aromatic nitrogens is 3. The number of nitrogens with one attached hydrogen (secondary N) is 1. The monoisotopic (exact) mass is 512 g/mol. The molecule has 5 aromatic rings. The second kappa shape index (κ2) is 10.5. The molecule has 1 N–H and O–H groups in total. The van der Waals surface area contributed by atoms with Crippen LogP contribution in [-0.4, -0.2) is 41.3 Å². The average Bonchev–Trinajstić information content (AvgIpc) is 3.34. The van der Waals surface area contributed by atoms with E-state index in [1.165, 1.54) is 0 Å². The van der Waals surface area contributed by atoms with Crippen molar-refractivity contribution in [3.63, 3.8) is 0 Å². The molecule has 2 aromatic heterocycles. The Morgan fingerprint density at radius 2 is 1.59 bits per heavy atom. The zero-order chi connectivity index (χ0) is 25.0.